The van der Waals surface area contributed by atoms with E-state index in [1.807, 2.05) is 0 Å². The molecule has 1 heterocycles. The molecular formula is C13H11N3O5. The number of amides is 1. The SMILES string of the molecule is O=C(Cn1cccnc1=O)Nc1cccc(C(=O)O)c1O. The molecule has 0 atom stereocenters. The van der Waals surface area contributed by atoms with Crippen molar-refractivity contribution >= 4 is 17.6 Å². The first-order chi connectivity index (χ1) is 9.99. The van der Waals surface area contributed by atoms with Gasteiger partial charge in [0.2, 0.25) is 5.91 Å². The van der Waals surface area contributed by atoms with Gasteiger partial charge in [0.25, 0.3) is 0 Å². The number of carbonyl (C=O) groups is 2. The number of aromatic hydroxyl groups is 1. The number of benzene rings is 1. The molecule has 1 aromatic carbocycles. The van der Waals surface area contributed by atoms with Crippen LogP contribution in [0.1, 0.15) is 10.4 Å². The zero-order valence-corrected chi connectivity index (χ0v) is 10.7. The average molecular weight is 289 g/mol. The van der Waals surface area contributed by atoms with Crippen LogP contribution in [-0.4, -0.2) is 31.6 Å². The van der Waals surface area contributed by atoms with E-state index in [2.05, 4.69) is 10.3 Å². The lowest BCUT2D eigenvalue weighted by atomic mass is 10.1. The molecule has 3 N–H and O–H groups in total. The lowest BCUT2D eigenvalue weighted by molar-refractivity contribution is -0.116. The number of carboxylic acids is 1. The van der Waals surface area contributed by atoms with Crippen molar-refractivity contribution in [2.24, 2.45) is 0 Å². The second-order valence-electron chi connectivity index (χ2n) is 4.09. The first kappa shape index (κ1) is 14.3. The van der Waals surface area contributed by atoms with Crippen LogP contribution in [0.25, 0.3) is 0 Å². The number of anilines is 1. The topological polar surface area (TPSA) is 122 Å². The second kappa shape index (κ2) is 5.87. The number of hydrogen-bond acceptors (Lipinski definition) is 5. The van der Waals surface area contributed by atoms with Crippen LogP contribution in [0.3, 0.4) is 0 Å². The summed E-state index contributed by atoms with van der Waals surface area (Å²) >= 11 is 0. The highest BCUT2D eigenvalue weighted by atomic mass is 16.4. The van der Waals surface area contributed by atoms with Crippen molar-refractivity contribution in [1.82, 2.24) is 9.55 Å². The van der Waals surface area contributed by atoms with Gasteiger partial charge < -0.3 is 15.5 Å². The first-order valence-corrected chi connectivity index (χ1v) is 5.85. The first-order valence-electron chi connectivity index (χ1n) is 5.85. The van der Waals surface area contributed by atoms with Gasteiger partial charge in [0.1, 0.15) is 12.1 Å². The minimum absolute atomic E-state index is 0.0446. The molecule has 108 valence electrons. The third kappa shape index (κ3) is 3.24. The number of aromatic carboxylic acids is 1. The molecule has 0 saturated heterocycles. The van der Waals surface area contributed by atoms with Crippen molar-refractivity contribution in [2.75, 3.05) is 5.32 Å². The molecular weight excluding hydrogens is 278 g/mol. The van der Waals surface area contributed by atoms with E-state index in [0.29, 0.717) is 0 Å². The van der Waals surface area contributed by atoms with Crippen LogP contribution in [0.4, 0.5) is 5.69 Å². The number of nitrogens with one attached hydrogen (secondary N) is 1. The molecule has 0 aliphatic heterocycles. The summed E-state index contributed by atoms with van der Waals surface area (Å²) in [4.78, 5) is 37.5. The van der Waals surface area contributed by atoms with Crippen LogP contribution in [0.15, 0.2) is 41.5 Å². The largest absolute Gasteiger partial charge is 0.505 e. The van der Waals surface area contributed by atoms with Gasteiger partial charge in [0.15, 0.2) is 5.75 Å². The summed E-state index contributed by atoms with van der Waals surface area (Å²) in [6.45, 7) is -0.302. The van der Waals surface area contributed by atoms with Gasteiger partial charge in [-0.2, -0.15) is 0 Å². The van der Waals surface area contributed by atoms with Crippen molar-refractivity contribution in [3.63, 3.8) is 0 Å². The van der Waals surface area contributed by atoms with Crippen LogP contribution < -0.4 is 11.0 Å². The van der Waals surface area contributed by atoms with Crippen molar-refractivity contribution in [1.29, 1.82) is 0 Å². The minimum Gasteiger partial charge on any atom is -0.505 e. The summed E-state index contributed by atoms with van der Waals surface area (Å²) < 4.78 is 1.08. The number of rotatable bonds is 4. The van der Waals surface area contributed by atoms with E-state index in [1.165, 1.54) is 36.7 Å². The lowest BCUT2D eigenvalue weighted by Crippen LogP contribution is -2.28. The van der Waals surface area contributed by atoms with Crippen molar-refractivity contribution in [3.05, 3.63) is 52.7 Å². The molecule has 2 aromatic rings. The van der Waals surface area contributed by atoms with Gasteiger partial charge in [-0.25, -0.2) is 14.6 Å². The molecule has 0 spiro atoms. The number of phenols is 1. The van der Waals surface area contributed by atoms with Gasteiger partial charge in [-0.1, -0.05) is 6.07 Å². The van der Waals surface area contributed by atoms with E-state index in [1.54, 1.807) is 0 Å². The van der Waals surface area contributed by atoms with Crippen LogP contribution in [-0.2, 0) is 11.3 Å². The van der Waals surface area contributed by atoms with E-state index in [0.717, 1.165) is 4.57 Å². The van der Waals surface area contributed by atoms with Gasteiger partial charge in [0.05, 0.1) is 5.69 Å². The Balaban J connectivity index is 2.17. The smallest absolute Gasteiger partial charge is 0.347 e. The second-order valence-corrected chi connectivity index (χ2v) is 4.09. The van der Waals surface area contributed by atoms with E-state index in [-0.39, 0.29) is 17.8 Å². The molecule has 2 rings (SSSR count). The fraction of sp³-hybridized carbons (Fsp3) is 0.0769. The van der Waals surface area contributed by atoms with Gasteiger partial charge in [-0.15, -0.1) is 0 Å². The lowest BCUT2D eigenvalue weighted by Gasteiger charge is -2.09. The Labute approximate surface area is 118 Å². The predicted octanol–water partition coefficient (Wildman–Crippen LogP) is 0.286. The fourth-order valence-electron chi connectivity index (χ4n) is 1.67. The molecule has 0 aliphatic rings. The Hall–Kier alpha value is -3.16. The standard InChI is InChI=1S/C13H11N3O5/c17-10(7-16-6-2-5-14-13(16)21)15-9-4-1-3-8(11(9)18)12(19)20/h1-6,18H,7H2,(H,15,17)(H,19,20). The summed E-state index contributed by atoms with van der Waals surface area (Å²) in [7, 11) is 0. The number of nitrogens with zero attached hydrogens (tertiary/aromatic N) is 2. The van der Waals surface area contributed by atoms with E-state index in [9.17, 15) is 19.5 Å². The Bertz CT molecular complexity index is 753. The van der Waals surface area contributed by atoms with Crippen molar-refractivity contribution < 1.29 is 19.8 Å². The van der Waals surface area contributed by atoms with Gasteiger partial charge in [-0.05, 0) is 18.2 Å². The molecule has 8 nitrogen and oxygen atoms in total. The maximum Gasteiger partial charge on any atom is 0.347 e. The van der Waals surface area contributed by atoms with Gasteiger partial charge in [-0.3, -0.25) is 9.36 Å². The Morgan fingerprint density at radius 1 is 1.29 bits per heavy atom. The Morgan fingerprint density at radius 2 is 2.05 bits per heavy atom. The van der Waals surface area contributed by atoms with Crippen LogP contribution in [0.5, 0.6) is 5.75 Å². The summed E-state index contributed by atoms with van der Waals surface area (Å²) in [5.41, 5.74) is -0.959. The van der Waals surface area contributed by atoms with Crippen LogP contribution in [0.2, 0.25) is 0 Å². The quantitative estimate of drug-likeness (QED) is 0.695. The molecule has 0 saturated carbocycles. The predicted molar refractivity (Wildman–Crippen MR) is 72.2 cm³/mol. The molecule has 0 aliphatic carbocycles. The average Bonchev–Trinajstić information content (AvgIpc) is 2.43. The molecule has 1 aromatic heterocycles. The highest BCUT2D eigenvalue weighted by molar-refractivity contribution is 5.97. The fourth-order valence-corrected chi connectivity index (χ4v) is 1.67. The molecule has 0 unspecified atom stereocenters. The Kier molecular flexibility index (Phi) is 3.98. The highest BCUT2D eigenvalue weighted by Gasteiger charge is 2.14. The summed E-state index contributed by atoms with van der Waals surface area (Å²) in [5, 5.41) is 21.0. The third-order valence-corrected chi connectivity index (χ3v) is 2.64. The maximum atomic E-state index is 11.8. The number of carboxylic acid groups (broad SMARTS) is 1. The van der Waals surface area contributed by atoms with E-state index in [4.69, 9.17) is 5.11 Å². The number of aromatic nitrogens is 2. The van der Waals surface area contributed by atoms with Crippen LogP contribution in [0, 0.1) is 0 Å². The Morgan fingerprint density at radius 3 is 2.71 bits per heavy atom. The zero-order chi connectivity index (χ0) is 15.4. The minimum atomic E-state index is -1.31. The third-order valence-electron chi connectivity index (χ3n) is 2.64. The number of carbonyl (C=O) groups excluding carboxylic acids is 1. The molecule has 21 heavy (non-hydrogen) atoms. The van der Waals surface area contributed by atoms with Crippen molar-refractivity contribution in [2.45, 2.75) is 6.54 Å². The maximum absolute atomic E-state index is 11.8. The van der Waals surface area contributed by atoms with Gasteiger partial charge >= 0.3 is 11.7 Å². The van der Waals surface area contributed by atoms with E-state index < -0.39 is 23.3 Å². The van der Waals surface area contributed by atoms with Crippen LogP contribution >= 0.6 is 0 Å². The molecule has 0 radical (unpaired) electrons. The van der Waals surface area contributed by atoms with Gasteiger partial charge in [0, 0.05) is 12.4 Å². The summed E-state index contributed by atoms with van der Waals surface area (Å²) in [6, 6.07) is 5.44. The monoisotopic (exact) mass is 289 g/mol. The van der Waals surface area contributed by atoms with E-state index >= 15 is 0 Å². The summed E-state index contributed by atoms with van der Waals surface area (Å²) in [6.07, 6.45) is 2.70. The molecule has 0 bridgehead atoms. The number of para-hydroxylation sites is 1. The molecule has 0 fully saturated rings. The normalized spacial score (nSPS) is 10.1. The summed E-state index contributed by atoms with van der Waals surface area (Å²) in [5.74, 6) is -2.45. The zero-order valence-electron chi connectivity index (χ0n) is 10.7. The molecule has 8 heteroatoms. The van der Waals surface area contributed by atoms with Crippen molar-refractivity contribution in [3.8, 4) is 5.75 Å². The molecule has 1 amide bonds. The highest BCUT2D eigenvalue weighted by Crippen LogP contribution is 2.27. The number of hydrogen-bond donors (Lipinski definition) is 3.